The third kappa shape index (κ3) is 8.61. The highest BCUT2D eigenvalue weighted by molar-refractivity contribution is 5.82. The Kier molecular flexibility index (Phi) is 10.0. The van der Waals surface area contributed by atoms with Crippen LogP contribution in [-0.2, 0) is 27.3 Å². The zero-order valence-corrected chi connectivity index (χ0v) is 27.0. The number of esters is 1. The van der Waals surface area contributed by atoms with Crippen LogP contribution in [0.5, 0.6) is 0 Å². The average molecular weight is 616 g/mol. The van der Waals surface area contributed by atoms with Gasteiger partial charge in [0.15, 0.2) is 0 Å². The van der Waals surface area contributed by atoms with Crippen LogP contribution < -0.4 is 20.9 Å². The highest BCUT2D eigenvalue weighted by Crippen LogP contribution is 2.33. The van der Waals surface area contributed by atoms with Crippen LogP contribution in [-0.4, -0.2) is 64.8 Å². The lowest BCUT2D eigenvalue weighted by atomic mass is 9.92. The third-order valence-electron chi connectivity index (χ3n) is 8.03. The Hall–Kier alpha value is -4.41. The van der Waals surface area contributed by atoms with E-state index in [1.807, 2.05) is 44.2 Å². The summed E-state index contributed by atoms with van der Waals surface area (Å²) >= 11 is 0. The fourth-order valence-corrected chi connectivity index (χ4v) is 5.72. The van der Waals surface area contributed by atoms with Gasteiger partial charge in [-0.2, -0.15) is 0 Å². The number of nitrogens with zero attached hydrogens (tertiary/aromatic N) is 4. The molecule has 2 aliphatic rings. The summed E-state index contributed by atoms with van der Waals surface area (Å²) in [5.74, 6) is 2.97. The van der Waals surface area contributed by atoms with Crippen LogP contribution >= 0.6 is 0 Å². The van der Waals surface area contributed by atoms with Gasteiger partial charge in [0.1, 0.15) is 41.5 Å². The number of alkyl carbamates (subject to hydrolysis) is 1. The summed E-state index contributed by atoms with van der Waals surface area (Å²) in [4.78, 5) is 42.5. The molecule has 1 unspecified atom stereocenters. The van der Waals surface area contributed by atoms with Gasteiger partial charge >= 0.3 is 12.1 Å². The first kappa shape index (κ1) is 32.0. The Morgan fingerprint density at radius 3 is 2.53 bits per heavy atom. The Bertz CT molecular complexity index is 1480. The van der Waals surface area contributed by atoms with E-state index in [-0.39, 0.29) is 13.2 Å². The number of anilines is 3. The van der Waals surface area contributed by atoms with Crippen molar-refractivity contribution in [2.45, 2.75) is 84.5 Å². The monoisotopic (exact) mass is 615 g/mol. The van der Waals surface area contributed by atoms with Gasteiger partial charge in [0.05, 0.1) is 0 Å². The van der Waals surface area contributed by atoms with Crippen molar-refractivity contribution >= 4 is 29.5 Å². The molecule has 0 spiro atoms. The summed E-state index contributed by atoms with van der Waals surface area (Å²) in [6, 6.07) is 12.8. The summed E-state index contributed by atoms with van der Waals surface area (Å²) in [5.41, 5.74) is 3.46. The molecule has 11 heteroatoms. The molecule has 1 atom stereocenters. The summed E-state index contributed by atoms with van der Waals surface area (Å²) in [7, 11) is 0. The number of ether oxygens (including phenoxy) is 2. The predicted octanol–water partition coefficient (Wildman–Crippen LogP) is 5.28. The molecule has 2 aliphatic heterocycles. The lowest BCUT2D eigenvalue weighted by Crippen LogP contribution is -2.48. The van der Waals surface area contributed by atoms with Gasteiger partial charge in [-0.3, -0.25) is 0 Å². The Morgan fingerprint density at radius 1 is 1.04 bits per heavy atom. The van der Waals surface area contributed by atoms with Crippen molar-refractivity contribution in [3.8, 4) is 0 Å². The standard InChI is InChI=1S/C34H45N7O4/c1-22-29(36-20-28(32(42)45-34(3,4)5)40-33(43)44-21-24-10-7-6-8-11-24)37-23(2)38-31(22)41-18-15-25(16-19-41)27-14-13-26-12-9-17-35-30(26)39-27/h6-8,10-11,13-14,25,28H,9,12,15-21H2,1-5H3,(H,35,39)(H,40,43)(H,36,37,38). The topological polar surface area (TPSA) is 131 Å². The Balaban J connectivity index is 1.23. The molecule has 1 saturated heterocycles. The van der Waals surface area contributed by atoms with Crippen molar-refractivity contribution in [1.29, 1.82) is 0 Å². The number of amides is 1. The summed E-state index contributed by atoms with van der Waals surface area (Å²) in [6.45, 7) is 12.0. The first-order chi connectivity index (χ1) is 21.6. The van der Waals surface area contributed by atoms with Crippen molar-refractivity contribution in [2.24, 2.45) is 0 Å². The molecule has 2 aromatic heterocycles. The van der Waals surface area contributed by atoms with Gasteiger partial charge in [-0.25, -0.2) is 24.5 Å². The molecule has 1 aromatic carbocycles. The van der Waals surface area contributed by atoms with Gasteiger partial charge < -0.3 is 30.3 Å². The molecule has 1 fully saturated rings. The van der Waals surface area contributed by atoms with E-state index in [0.29, 0.717) is 17.6 Å². The fraction of sp³-hybridized carbons (Fsp3) is 0.500. The van der Waals surface area contributed by atoms with Crippen molar-refractivity contribution in [1.82, 2.24) is 20.3 Å². The Labute approximate surface area is 265 Å². The summed E-state index contributed by atoms with van der Waals surface area (Å²) < 4.78 is 11.0. The number of carbonyl (C=O) groups is 2. The van der Waals surface area contributed by atoms with Gasteiger partial charge in [-0.1, -0.05) is 36.4 Å². The molecule has 5 rings (SSSR count). The second-order valence-electron chi connectivity index (χ2n) is 12.8. The molecular formula is C34H45N7O4. The zero-order chi connectivity index (χ0) is 32.0. The van der Waals surface area contributed by atoms with E-state index in [2.05, 4.69) is 38.0 Å². The highest BCUT2D eigenvalue weighted by Gasteiger charge is 2.29. The van der Waals surface area contributed by atoms with E-state index < -0.39 is 23.7 Å². The minimum Gasteiger partial charge on any atom is -0.458 e. The first-order valence-electron chi connectivity index (χ1n) is 15.8. The van der Waals surface area contributed by atoms with E-state index in [1.165, 1.54) is 5.56 Å². The molecule has 0 aliphatic carbocycles. The van der Waals surface area contributed by atoms with E-state index in [9.17, 15) is 9.59 Å². The molecule has 45 heavy (non-hydrogen) atoms. The van der Waals surface area contributed by atoms with Crippen molar-refractivity contribution in [3.05, 3.63) is 70.7 Å². The fourth-order valence-electron chi connectivity index (χ4n) is 5.72. The number of piperidine rings is 1. The molecular weight excluding hydrogens is 570 g/mol. The number of hydrogen-bond acceptors (Lipinski definition) is 10. The van der Waals surface area contributed by atoms with Crippen molar-refractivity contribution < 1.29 is 19.1 Å². The van der Waals surface area contributed by atoms with E-state index >= 15 is 0 Å². The molecule has 1 amide bonds. The smallest absolute Gasteiger partial charge is 0.408 e. The second kappa shape index (κ2) is 14.1. The summed E-state index contributed by atoms with van der Waals surface area (Å²) in [6.07, 6.45) is 3.49. The third-order valence-corrected chi connectivity index (χ3v) is 8.03. The number of hydrogen-bond donors (Lipinski definition) is 3. The number of pyridine rings is 1. The van der Waals surface area contributed by atoms with Crippen LogP contribution in [0.25, 0.3) is 0 Å². The number of fused-ring (bicyclic) bond motifs is 1. The van der Waals surface area contributed by atoms with E-state index in [0.717, 1.165) is 73.8 Å². The minimum atomic E-state index is -1.00. The number of carbonyl (C=O) groups excluding carboxylic acids is 2. The first-order valence-corrected chi connectivity index (χ1v) is 15.8. The van der Waals surface area contributed by atoms with E-state index in [1.54, 1.807) is 20.8 Å². The molecule has 11 nitrogen and oxygen atoms in total. The van der Waals surface area contributed by atoms with E-state index in [4.69, 9.17) is 19.4 Å². The molecule has 0 saturated carbocycles. The van der Waals surface area contributed by atoms with Gasteiger partial charge in [-0.15, -0.1) is 0 Å². The zero-order valence-electron chi connectivity index (χ0n) is 27.0. The number of rotatable bonds is 9. The quantitative estimate of drug-likeness (QED) is 0.273. The van der Waals surface area contributed by atoms with Crippen molar-refractivity contribution in [3.63, 3.8) is 0 Å². The predicted molar refractivity (Wildman–Crippen MR) is 175 cm³/mol. The summed E-state index contributed by atoms with van der Waals surface area (Å²) in [5, 5.41) is 9.40. The largest absolute Gasteiger partial charge is 0.458 e. The molecule has 0 bridgehead atoms. The van der Waals surface area contributed by atoms with Crippen LogP contribution in [0.3, 0.4) is 0 Å². The molecule has 4 heterocycles. The molecule has 3 aromatic rings. The Morgan fingerprint density at radius 2 is 1.80 bits per heavy atom. The van der Waals surface area contributed by atoms with Crippen LogP contribution in [0.1, 0.15) is 74.2 Å². The van der Waals surface area contributed by atoms with Crippen molar-refractivity contribution in [2.75, 3.05) is 41.7 Å². The average Bonchev–Trinajstić information content (AvgIpc) is 3.02. The number of aryl methyl sites for hydroxylation is 2. The molecule has 3 N–H and O–H groups in total. The second-order valence-corrected chi connectivity index (χ2v) is 12.8. The van der Waals surface area contributed by atoms with Gasteiger partial charge in [0, 0.05) is 43.4 Å². The van der Waals surface area contributed by atoms with Crippen LogP contribution in [0, 0.1) is 13.8 Å². The molecule has 0 radical (unpaired) electrons. The van der Waals surface area contributed by atoms with Crippen LogP contribution in [0.2, 0.25) is 0 Å². The minimum absolute atomic E-state index is 0.0617. The van der Waals surface area contributed by atoms with Gasteiger partial charge in [-0.05, 0) is 77.5 Å². The number of aromatic nitrogens is 3. The highest BCUT2D eigenvalue weighted by atomic mass is 16.6. The SMILES string of the molecule is Cc1nc(NCC(NC(=O)OCc2ccccc2)C(=O)OC(C)(C)C)c(C)c(N2CCC(c3ccc4c(n3)NCCC4)CC2)n1. The number of nitrogens with one attached hydrogen (secondary N) is 3. The van der Waals surface area contributed by atoms with Crippen LogP contribution in [0.4, 0.5) is 22.2 Å². The number of benzene rings is 1. The maximum Gasteiger partial charge on any atom is 0.408 e. The maximum absolute atomic E-state index is 13.1. The van der Waals surface area contributed by atoms with Gasteiger partial charge in [0.2, 0.25) is 0 Å². The molecule has 240 valence electrons. The van der Waals surface area contributed by atoms with Crippen LogP contribution in [0.15, 0.2) is 42.5 Å². The van der Waals surface area contributed by atoms with Gasteiger partial charge in [0.25, 0.3) is 0 Å². The lowest BCUT2D eigenvalue weighted by Gasteiger charge is -2.34. The maximum atomic E-state index is 13.1. The normalized spacial score (nSPS) is 15.8. The lowest BCUT2D eigenvalue weighted by molar-refractivity contribution is -0.156.